The summed E-state index contributed by atoms with van der Waals surface area (Å²) in [7, 11) is 1.22. The van der Waals surface area contributed by atoms with Crippen LogP contribution in [0.1, 0.15) is 37.6 Å². The second kappa shape index (κ2) is 9.99. The standard InChI is InChI=1S/C23H21FN2O4S/c1-14-19(23(29)30-2)22(26-18(27)13-12-15-8-4-3-5-9-15)31-20(14)21(28)25-17-11-7-6-10-16(17)24/h3-11H,12-13H2,1-2H3,(H,25,28)(H,26,27). The molecule has 160 valence electrons. The first kappa shape index (κ1) is 22.2. The molecule has 1 heterocycles. The number of amides is 2. The number of ether oxygens (including phenoxy) is 1. The average Bonchev–Trinajstić information content (AvgIpc) is 3.09. The van der Waals surface area contributed by atoms with Gasteiger partial charge in [-0.05, 0) is 36.6 Å². The van der Waals surface area contributed by atoms with E-state index in [2.05, 4.69) is 10.6 Å². The summed E-state index contributed by atoms with van der Waals surface area (Å²) in [5.41, 5.74) is 1.50. The molecule has 0 saturated heterocycles. The van der Waals surface area contributed by atoms with Gasteiger partial charge in [0.1, 0.15) is 10.8 Å². The molecule has 0 saturated carbocycles. The van der Waals surface area contributed by atoms with E-state index in [1.165, 1.54) is 25.3 Å². The fourth-order valence-electron chi connectivity index (χ4n) is 3.00. The summed E-state index contributed by atoms with van der Waals surface area (Å²) in [6.45, 7) is 1.58. The third-order valence-corrected chi connectivity index (χ3v) is 5.81. The van der Waals surface area contributed by atoms with Crippen LogP contribution in [0.2, 0.25) is 0 Å². The summed E-state index contributed by atoms with van der Waals surface area (Å²) in [6, 6.07) is 15.3. The Morgan fingerprint density at radius 1 is 1.00 bits per heavy atom. The van der Waals surface area contributed by atoms with Crippen molar-refractivity contribution in [3.63, 3.8) is 0 Å². The van der Waals surface area contributed by atoms with Crippen molar-refractivity contribution in [3.05, 3.63) is 82.0 Å². The van der Waals surface area contributed by atoms with Gasteiger partial charge in [-0.15, -0.1) is 11.3 Å². The Bertz CT molecular complexity index is 1110. The van der Waals surface area contributed by atoms with Crippen LogP contribution in [-0.4, -0.2) is 24.9 Å². The zero-order valence-electron chi connectivity index (χ0n) is 17.0. The third-order valence-electron chi connectivity index (χ3n) is 4.60. The molecule has 2 aromatic carbocycles. The lowest BCUT2D eigenvalue weighted by atomic mass is 10.1. The lowest BCUT2D eigenvalue weighted by molar-refractivity contribution is -0.116. The second-order valence-corrected chi connectivity index (χ2v) is 7.74. The molecule has 3 rings (SSSR count). The van der Waals surface area contributed by atoms with Gasteiger partial charge in [0.2, 0.25) is 5.91 Å². The maximum atomic E-state index is 13.9. The highest BCUT2D eigenvalue weighted by Crippen LogP contribution is 2.34. The molecule has 3 aromatic rings. The van der Waals surface area contributed by atoms with Crippen molar-refractivity contribution >= 4 is 39.8 Å². The first-order valence-electron chi connectivity index (χ1n) is 9.52. The molecular formula is C23H21FN2O4S. The van der Waals surface area contributed by atoms with Gasteiger partial charge in [0.25, 0.3) is 5.91 Å². The zero-order chi connectivity index (χ0) is 22.4. The number of esters is 1. The summed E-state index contributed by atoms with van der Waals surface area (Å²) in [4.78, 5) is 37.7. The Balaban J connectivity index is 1.81. The van der Waals surface area contributed by atoms with Gasteiger partial charge in [0.15, 0.2) is 0 Å². The van der Waals surface area contributed by atoms with E-state index in [-0.39, 0.29) is 33.5 Å². The summed E-state index contributed by atoms with van der Waals surface area (Å²) < 4.78 is 18.7. The summed E-state index contributed by atoms with van der Waals surface area (Å²) in [6.07, 6.45) is 0.740. The first-order valence-corrected chi connectivity index (χ1v) is 10.3. The summed E-state index contributed by atoms with van der Waals surface area (Å²) in [5, 5.41) is 5.43. The number of carbonyl (C=O) groups excluding carboxylic acids is 3. The molecule has 6 nitrogen and oxygen atoms in total. The smallest absolute Gasteiger partial charge is 0.341 e. The Kier molecular flexibility index (Phi) is 7.15. The van der Waals surface area contributed by atoms with Gasteiger partial charge in [-0.25, -0.2) is 9.18 Å². The van der Waals surface area contributed by atoms with Crippen molar-refractivity contribution in [2.75, 3.05) is 17.7 Å². The molecule has 0 unspecified atom stereocenters. The van der Waals surface area contributed by atoms with Crippen LogP contribution in [0.25, 0.3) is 0 Å². The number of thiophene rings is 1. The number of rotatable bonds is 7. The Hall–Kier alpha value is -3.52. The molecule has 0 atom stereocenters. The SMILES string of the molecule is COC(=O)c1c(NC(=O)CCc2ccccc2)sc(C(=O)Nc2ccccc2F)c1C. The lowest BCUT2D eigenvalue weighted by Gasteiger charge is -2.06. The molecule has 0 bridgehead atoms. The van der Waals surface area contributed by atoms with Crippen molar-refractivity contribution in [3.8, 4) is 0 Å². The molecule has 0 aliphatic carbocycles. The number of benzene rings is 2. The Labute approximate surface area is 183 Å². The molecule has 0 fully saturated rings. The number of carbonyl (C=O) groups is 3. The largest absolute Gasteiger partial charge is 0.465 e. The minimum Gasteiger partial charge on any atom is -0.465 e. The molecule has 2 amide bonds. The van der Waals surface area contributed by atoms with E-state index in [1.807, 2.05) is 30.3 Å². The van der Waals surface area contributed by atoms with Crippen LogP contribution in [-0.2, 0) is 16.0 Å². The predicted octanol–water partition coefficient (Wildman–Crippen LogP) is 4.81. The van der Waals surface area contributed by atoms with Crippen LogP contribution < -0.4 is 10.6 Å². The molecule has 0 aliphatic rings. The van der Waals surface area contributed by atoms with E-state index < -0.39 is 17.7 Å². The minimum atomic E-state index is -0.669. The number of hydrogen-bond acceptors (Lipinski definition) is 5. The summed E-state index contributed by atoms with van der Waals surface area (Å²) in [5.74, 6) is -2.12. The van der Waals surface area contributed by atoms with Crippen LogP contribution in [0.5, 0.6) is 0 Å². The van der Waals surface area contributed by atoms with Crippen molar-refractivity contribution in [2.24, 2.45) is 0 Å². The van der Waals surface area contributed by atoms with E-state index in [1.54, 1.807) is 13.0 Å². The van der Waals surface area contributed by atoms with Gasteiger partial charge < -0.3 is 15.4 Å². The minimum absolute atomic E-state index is 0.0216. The molecule has 1 aromatic heterocycles. The van der Waals surface area contributed by atoms with E-state index in [0.717, 1.165) is 16.9 Å². The van der Waals surface area contributed by atoms with E-state index in [4.69, 9.17) is 4.74 Å². The Morgan fingerprint density at radius 2 is 1.68 bits per heavy atom. The average molecular weight is 440 g/mol. The van der Waals surface area contributed by atoms with Crippen LogP contribution in [0.4, 0.5) is 15.1 Å². The summed E-state index contributed by atoms with van der Waals surface area (Å²) >= 11 is 0.946. The molecule has 0 aliphatic heterocycles. The van der Waals surface area contributed by atoms with Crippen molar-refractivity contribution < 1.29 is 23.5 Å². The molecule has 8 heteroatoms. The Morgan fingerprint density at radius 3 is 2.35 bits per heavy atom. The highest BCUT2D eigenvalue weighted by Gasteiger charge is 2.26. The highest BCUT2D eigenvalue weighted by molar-refractivity contribution is 7.18. The fourth-order valence-corrected chi connectivity index (χ4v) is 4.11. The molecule has 0 radical (unpaired) electrons. The van der Waals surface area contributed by atoms with Gasteiger partial charge in [-0.3, -0.25) is 9.59 Å². The number of aryl methyl sites for hydroxylation is 1. The second-order valence-electron chi connectivity index (χ2n) is 6.72. The first-order chi connectivity index (χ1) is 14.9. The molecule has 2 N–H and O–H groups in total. The van der Waals surface area contributed by atoms with Gasteiger partial charge in [-0.1, -0.05) is 42.5 Å². The van der Waals surface area contributed by atoms with Crippen LogP contribution >= 0.6 is 11.3 Å². The fraction of sp³-hybridized carbons (Fsp3) is 0.174. The third kappa shape index (κ3) is 5.35. The quantitative estimate of drug-likeness (QED) is 0.517. The van der Waals surface area contributed by atoms with Crippen molar-refractivity contribution in [1.29, 1.82) is 0 Å². The number of hydrogen-bond donors (Lipinski definition) is 2. The molecule has 0 spiro atoms. The molecular weight excluding hydrogens is 419 g/mol. The van der Waals surface area contributed by atoms with Gasteiger partial charge in [0.05, 0.1) is 23.2 Å². The van der Waals surface area contributed by atoms with Crippen LogP contribution in [0.3, 0.4) is 0 Å². The van der Waals surface area contributed by atoms with Gasteiger partial charge in [0, 0.05) is 6.42 Å². The number of methoxy groups -OCH3 is 1. The van der Waals surface area contributed by atoms with Crippen molar-refractivity contribution in [2.45, 2.75) is 19.8 Å². The maximum Gasteiger partial charge on any atom is 0.341 e. The van der Waals surface area contributed by atoms with Crippen LogP contribution in [0, 0.1) is 12.7 Å². The highest BCUT2D eigenvalue weighted by atomic mass is 32.1. The zero-order valence-corrected chi connectivity index (χ0v) is 17.8. The van der Waals surface area contributed by atoms with E-state index in [0.29, 0.717) is 12.0 Å². The van der Waals surface area contributed by atoms with Crippen molar-refractivity contribution in [1.82, 2.24) is 0 Å². The van der Waals surface area contributed by atoms with Gasteiger partial charge in [-0.2, -0.15) is 0 Å². The monoisotopic (exact) mass is 440 g/mol. The van der Waals surface area contributed by atoms with Gasteiger partial charge >= 0.3 is 5.97 Å². The lowest BCUT2D eigenvalue weighted by Crippen LogP contribution is -2.15. The number of anilines is 2. The van der Waals surface area contributed by atoms with E-state index >= 15 is 0 Å². The maximum absolute atomic E-state index is 13.9. The topological polar surface area (TPSA) is 84.5 Å². The molecule has 31 heavy (non-hydrogen) atoms. The number of halogens is 1. The predicted molar refractivity (Wildman–Crippen MR) is 118 cm³/mol. The normalized spacial score (nSPS) is 10.4. The van der Waals surface area contributed by atoms with E-state index in [9.17, 15) is 18.8 Å². The number of para-hydroxylation sites is 1. The number of nitrogens with one attached hydrogen (secondary N) is 2. The van der Waals surface area contributed by atoms with Crippen LogP contribution in [0.15, 0.2) is 54.6 Å².